The van der Waals surface area contributed by atoms with Gasteiger partial charge in [-0.25, -0.2) is 0 Å². The van der Waals surface area contributed by atoms with Gasteiger partial charge in [-0.05, 0) is 11.1 Å². The number of allylic oxidation sites excluding steroid dienone is 3. The molecule has 2 rings (SSSR count). The van der Waals surface area contributed by atoms with Crippen LogP contribution in [-0.4, -0.2) is 6.54 Å². The zero-order valence-electron chi connectivity index (χ0n) is 9.60. The third-order valence-corrected chi connectivity index (χ3v) is 2.64. The fourth-order valence-corrected chi connectivity index (χ4v) is 1.70. The van der Waals surface area contributed by atoms with E-state index in [1.165, 1.54) is 0 Å². The second-order valence-electron chi connectivity index (χ2n) is 3.60. The van der Waals surface area contributed by atoms with Crippen LogP contribution in [0, 0.1) is 0 Å². The van der Waals surface area contributed by atoms with E-state index < -0.39 is 0 Å². The third-order valence-electron chi connectivity index (χ3n) is 2.64. The number of para-hydroxylation sites is 1. The molecule has 86 valence electrons. The average molecular weight is 392 g/mol. The van der Waals surface area contributed by atoms with Crippen LogP contribution in [0.15, 0.2) is 66.8 Å². The van der Waals surface area contributed by atoms with Crippen LogP contribution < -0.4 is 0 Å². The summed E-state index contributed by atoms with van der Waals surface area (Å²) in [5.41, 5.74) is 4.38. The summed E-state index contributed by atoms with van der Waals surface area (Å²) in [5, 5.41) is 4.57. The van der Waals surface area contributed by atoms with Crippen LogP contribution in [0.2, 0.25) is 0 Å². The Hall–Kier alpha value is -1.33. The van der Waals surface area contributed by atoms with Gasteiger partial charge in [0.15, 0.2) is 0 Å². The number of benzene rings is 1. The summed E-state index contributed by atoms with van der Waals surface area (Å²) >= 11 is 0. The fourth-order valence-electron chi connectivity index (χ4n) is 1.70. The van der Waals surface area contributed by atoms with Gasteiger partial charge in [0.2, 0.25) is 0 Å². The van der Waals surface area contributed by atoms with E-state index in [0.29, 0.717) is 6.54 Å². The van der Waals surface area contributed by atoms with Crippen molar-refractivity contribution < 1.29 is 21.1 Å². The fraction of sp³-hybridized carbons (Fsp3) is 0.0667. The van der Waals surface area contributed by atoms with Crippen molar-refractivity contribution in [3.63, 3.8) is 0 Å². The maximum atomic E-state index is 4.57. The van der Waals surface area contributed by atoms with Gasteiger partial charge < -0.3 is 5.32 Å². The molecule has 0 radical (unpaired) electrons. The minimum Gasteiger partial charge on any atom is -0.680 e. The molecule has 0 saturated heterocycles. The summed E-state index contributed by atoms with van der Waals surface area (Å²) in [4.78, 5) is 0. The minimum atomic E-state index is 0. The Kier molecular flexibility index (Phi) is 5.18. The quantitative estimate of drug-likeness (QED) is 0.709. The molecular formula is C15H14NW-. The van der Waals surface area contributed by atoms with Crippen molar-refractivity contribution in [2.24, 2.45) is 0 Å². The molecule has 0 fully saturated rings. The van der Waals surface area contributed by atoms with Crippen LogP contribution in [0.25, 0.3) is 11.4 Å². The standard InChI is InChI=1S/C15H14N.W/c1-3-12-9-10-14-7-5-6-8-15(14)16-11-13(12)4-2;/h3-10H,1-2,11H2;/q-1;/b10-9-,13-12-;. The summed E-state index contributed by atoms with van der Waals surface area (Å²) in [6, 6.07) is 8.11. The van der Waals surface area contributed by atoms with E-state index in [0.717, 1.165) is 22.4 Å². The largest absolute Gasteiger partial charge is 0.680 e. The first-order valence-electron chi connectivity index (χ1n) is 5.28. The van der Waals surface area contributed by atoms with Gasteiger partial charge in [-0.3, -0.25) is 0 Å². The molecule has 1 aliphatic rings. The van der Waals surface area contributed by atoms with Crippen LogP contribution in [0.1, 0.15) is 5.56 Å². The van der Waals surface area contributed by atoms with E-state index >= 15 is 0 Å². The van der Waals surface area contributed by atoms with E-state index in [4.69, 9.17) is 0 Å². The molecule has 0 N–H and O–H groups in total. The van der Waals surface area contributed by atoms with Crippen LogP contribution in [0.5, 0.6) is 0 Å². The molecule has 1 aliphatic heterocycles. The maximum absolute atomic E-state index is 4.57. The van der Waals surface area contributed by atoms with Gasteiger partial charge in [0.25, 0.3) is 0 Å². The molecule has 1 aromatic rings. The van der Waals surface area contributed by atoms with Crippen molar-refractivity contribution in [2.45, 2.75) is 0 Å². The SMILES string of the molecule is C=CC1=C(\C=C)C[N-]c2ccccc2/C=C\1.[W]. The van der Waals surface area contributed by atoms with E-state index in [1.54, 1.807) is 0 Å². The Bertz CT molecular complexity index is 483. The summed E-state index contributed by atoms with van der Waals surface area (Å²) in [5.74, 6) is 0. The molecular weight excluding hydrogens is 378 g/mol. The molecule has 0 aromatic heterocycles. The van der Waals surface area contributed by atoms with Crippen LogP contribution >= 0.6 is 0 Å². The number of rotatable bonds is 2. The smallest absolute Gasteiger partial charge is 0 e. The molecule has 0 saturated carbocycles. The van der Waals surface area contributed by atoms with Crippen molar-refractivity contribution in [1.29, 1.82) is 0 Å². The monoisotopic (exact) mass is 392 g/mol. The van der Waals surface area contributed by atoms with E-state index in [1.807, 2.05) is 30.4 Å². The molecule has 17 heavy (non-hydrogen) atoms. The third kappa shape index (κ3) is 3.08. The van der Waals surface area contributed by atoms with Crippen LogP contribution in [0.4, 0.5) is 5.69 Å². The number of hydrogen-bond donors (Lipinski definition) is 0. The second kappa shape index (κ2) is 6.42. The van der Waals surface area contributed by atoms with Gasteiger partial charge in [-0.2, -0.15) is 0 Å². The van der Waals surface area contributed by atoms with E-state index in [2.05, 4.69) is 36.7 Å². The first-order chi connectivity index (χ1) is 7.85. The Balaban J connectivity index is 0.00000144. The first-order valence-corrected chi connectivity index (χ1v) is 5.28. The molecule has 0 unspecified atom stereocenters. The number of hydrogen-bond acceptors (Lipinski definition) is 0. The molecule has 1 nitrogen and oxygen atoms in total. The molecule has 0 spiro atoms. The van der Waals surface area contributed by atoms with Gasteiger partial charge in [-0.15, -0.1) is 12.2 Å². The Morgan fingerprint density at radius 1 is 1.06 bits per heavy atom. The van der Waals surface area contributed by atoms with Gasteiger partial charge in [0.1, 0.15) is 0 Å². The van der Waals surface area contributed by atoms with Gasteiger partial charge in [0, 0.05) is 21.1 Å². The average Bonchev–Trinajstić information content (AvgIpc) is 2.31. The Morgan fingerprint density at radius 3 is 2.53 bits per heavy atom. The van der Waals surface area contributed by atoms with Crippen LogP contribution in [-0.2, 0) is 21.1 Å². The van der Waals surface area contributed by atoms with E-state index in [-0.39, 0.29) is 21.1 Å². The summed E-state index contributed by atoms with van der Waals surface area (Å²) in [7, 11) is 0. The predicted molar refractivity (Wildman–Crippen MR) is 70.8 cm³/mol. The molecule has 1 aromatic carbocycles. The summed E-state index contributed by atoms with van der Waals surface area (Å²) in [6.45, 7) is 8.28. The van der Waals surface area contributed by atoms with Crippen molar-refractivity contribution in [2.75, 3.05) is 6.54 Å². The molecule has 0 bridgehead atoms. The van der Waals surface area contributed by atoms with Gasteiger partial charge in [0.05, 0.1) is 0 Å². The normalized spacial score (nSPS) is 19.8. The summed E-state index contributed by atoms with van der Waals surface area (Å²) in [6.07, 6.45) is 7.83. The minimum absolute atomic E-state index is 0. The van der Waals surface area contributed by atoms with Crippen molar-refractivity contribution >= 4 is 11.8 Å². The van der Waals surface area contributed by atoms with E-state index in [9.17, 15) is 0 Å². The number of nitrogens with zero attached hydrogens (tertiary/aromatic N) is 1. The predicted octanol–water partition coefficient (Wildman–Crippen LogP) is 4.38. The molecule has 2 heteroatoms. The molecule has 0 aliphatic carbocycles. The van der Waals surface area contributed by atoms with Crippen molar-refractivity contribution in [3.8, 4) is 0 Å². The molecule has 0 atom stereocenters. The zero-order valence-corrected chi connectivity index (χ0v) is 12.5. The van der Waals surface area contributed by atoms with Gasteiger partial charge >= 0.3 is 0 Å². The number of fused-ring (bicyclic) bond motifs is 1. The van der Waals surface area contributed by atoms with Crippen molar-refractivity contribution in [3.05, 3.63) is 77.7 Å². The Morgan fingerprint density at radius 2 is 1.82 bits per heavy atom. The first kappa shape index (κ1) is 13.7. The van der Waals surface area contributed by atoms with Crippen molar-refractivity contribution in [1.82, 2.24) is 0 Å². The summed E-state index contributed by atoms with van der Waals surface area (Å²) < 4.78 is 0. The van der Waals surface area contributed by atoms with Gasteiger partial charge in [-0.1, -0.05) is 67.3 Å². The second-order valence-corrected chi connectivity index (χ2v) is 3.60. The topological polar surface area (TPSA) is 14.1 Å². The zero-order chi connectivity index (χ0) is 11.4. The molecule has 0 amide bonds. The maximum Gasteiger partial charge on any atom is 0 e. The Labute approximate surface area is 117 Å². The van der Waals surface area contributed by atoms with Crippen LogP contribution in [0.3, 0.4) is 0 Å². The molecule has 1 heterocycles.